The van der Waals surface area contributed by atoms with Crippen LogP contribution in [0.25, 0.3) is 0 Å². The molecule has 0 saturated carbocycles. The van der Waals surface area contributed by atoms with Crippen LogP contribution < -0.4 is 4.74 Å². The van der Waals surface area contributed by atoms with Crippen molar-refractivity contribution in [3.8, 4) is 5.75 Å². The zero-order valence-corrected chi connectivity index (χ0v) is 11.3. The summed E-state index contributed by atoms with van der Waals surface area (Å²) in [6.45, 7) is 3.57. The number of rotatable bonds is 4. The van der Waals surface area contributed by atoms with Gasteiger partial charge in [-0.25, -0.2) is 4.39 Å². The van der Waals surface area contributed by atoms with Gasteiger partial charge in [-0.3, -0.25) is 0 Å². The van der Waals surface area contributed by atoms with Gasteiger partial charge in [-0.05, 0) is 32.0 Å². The first-order valence-corrected chi connectivity index (χ1v) is 7.09. The van der Waals surface area contributed by atoms with Crippen molar-refractivity contribution in [2.24, 2.45) is 0 Å². The highest BCUT2D eigenvalue weighted by atomic mass is 32.2. The molecule has 2 rings (SSSR count). The first kappa shape index (κ1) is 13.5. The van der Waals surface area contributed by atoms with E-state index in [4.69, 9.17) is 4.74 Å². The summed E-state index contributed by atoms with van der Waals surface area (Å²) in [6, 6.07) is 4.99. The minimum atomic E-state index is -3.83. The van der Waals surface area contributed by atoms with Gasteiger partial charge in [0.05, 0.1) is 23.4 Å². The molecular weight excluding hydrogens is 271 g/mol. The van der Waals surface area contributed by atoms with Gasteiger partial charge in [0.25, 0.3) is 10.0 Å². The molecule has 0 radical (unpaired) electrons. The number of aryl methyl sites for hydroxylation is 1. The summed E-state index contributed by atoms with van der Waals surface area (Å²) in [5, 5.41) is 3.76. The van der Waals surface area contributed by atoms with Crippen LogP contribution in [0.1, 0.15) is 12.6 Å². The lowest BCUT2D eigenvalue weighted by Crippen LogP contribution is -2.16. The molecule has 1 heterocycles. The third-order valence-electron chi connectivity index (χ3n) is 2.52. The summed E-state index contributed by atoms with van der Waals surface area (Å²) in [5.74, 6) is -0.689. The number of aromatic nitrogens is 2. The van der Waals surface area contributed by atoms with E-state index in [2.05, 4.69) is 5.10 Å². The molecule has 102 valence electrons. The second-order valence-corrected chi connectivity index (χ2v) is 5.61. The lowest BCUT2D eigenvalue weighted by molar-refractivity contribution is 0.320. The monoisotopic (exact) mass is 284 g/mol. The van der Waals surface area contributed by atoms with E-state index < -0.39 is 15.8 Å². The van der Waals surface area contributed by atoms with E-state index in [1.807, 2.05) is 0 Å². The largest absolute Gasteiger partial charge is 0.491 e. The number of hydrogen-bond donors (Lipinski definition) is 0. The molecule has 0 fully saturated rings. The molecule has 19 heavy (non-hydrogen) atoms. The van der Waals surface area contributed by atoms with Gasteiger partial charge in [-0.15, -0.1) is 0 Å². The number of ether oxygens (including phenoxy) is 1. The quantitative estimate of drug-likeness (QED) is 0.861. The Morgan fingerprint density at radius 2 is 2.11 bits per heavy atom. The summed E-state index contributed by atoms with van der Waals surface area (Å²) in [6.07, 6.45) is 1.39. The van der Waals surface area contributed by atoms with Crippen molar-refractivity contribution in [1.29, 1.82) is 0 Å². The van der Waals surface area contributed by atoms with Crippen LogP contribution in [-0.4, -0.2) is 24.2 Å². The van der Waals surface area contributed by atoms with Crippen LogP contribution in [0.5, 0.6) is 5.75 Å². The minimum Gasteiger partial charge on any atom is -0.491 e. The molecule has 0 unspecified atom stereocenters. The Bertz CT molecular complexity index is 695. The summed E-state index contributed by atoms with van der Waals surface area (Å²) in [5.41, 5.74) is 0.474. The Morgan fingerprint density at radius 3 is 2.68 bits per heavy atom. The summed E-state index contributed by atoms with van der Waals surface area (Å²) in [7, 11) is -3.83. The Morgan fingerprint density at radius 1 is 1.37 bits per heavy atom. The Labute approximate surface area is 110 Å². The molecule has 0 aliphatic rings. The van der Waals surface area contributed by atoms with Crippen molar-refractivity contribution in [3.05, 3.63) is 42.0 Å². The van der Waals surface area contributed by atoms with E-state index in [1.165, 1.54) is 12.3 Å². The van der Waals surface area contributed by atoms with Gasteiger partial charge < -0.3 is 4.74 Å². The third kappa shape index (κ3) is 2.46. The summed E-state index contributed by atoms with van der Waals surface area (Å²) >= 11 is 0. The van der Waals surface area contributed by atoms with Crippen LogP contribution in [0.15, 0.2) is 35.4 Å². The number of nitrogens with zero attached hydrogens (tertiary/aromatic N) is 2. The maximum Gasteiger partial charge on any atom is 0.283 e. The molecule has 5 nitrogen and oxygen atoms in total. The van der Waals surface area contributed by atoms with E-state index in [9.17, 15) is 12.8 Å². The van der Waals surface area contributed by atoms with Gasteiger partial charge in [-0.1, -0.05) is 0 Å². The smallest absolute Gasteiger partial charge is 0.283 e. The highest BCUT2D eigenvalue weighted by Crippen LogP contribution is 2.23. The van der Waals surface area contributed by atoms with Crippen molar-refractivity contribution >= 4 is 10.0 Å². The second-order valence-electron chi connectivity index (χ2n) is 3.85. The normalized spacial score (nSPS) is 11.5. The molecule has 0 spiro atoms. The number of halogens is 1. The van der Waals surface area contributed by atoms with Crippen LogP contribution in [0.3, 0.4) is 0 Å². The van der Waals surface area contributed by atoms with E-state index in [-0.39, 0.29) is 17.3 Å². The molecule has 0 N–H and O–H groups in total. The Balaban J connectivity index is 2.53. The maximum atomic E-state index is 13.4. The van der Waals surface area contributed by atoms with Gasteiger partial charge in [0, 0.05) is 6.07 Å². The van der Waals surface area contributed by atoms with Gasteiger partial charge in [0.15, 0.2) is 11.6 Å². The molecule has 7 heteroatoms. The number of benzene rings is 1. The molecule has 0 saturated heterocycles. The second kappa shape index (κ2) is 5.00. The maximum absolute atomic E-state index is 13.4. The molecule has 1 aromatic heterocycles. The molecule has 0 aliphatic heterocycles. The SMILES string of the molecule is CCOc1cc(S(=O)(=O)n2nccc2C)ccc1F. The van der Waals surface area contributed by atoms with Gasteiger partial charge in [0.1, 0.15) is 0 Å². The zero-order chi connectivity index (χ0) is 14.0. The van der Waals surface area contributed by atoms with Crippen LogP contribution >= 0.6 is 0 Å². The van der Waals surface area contributed by atoms with E-state index >= 15 is 0 Å². The third-order valence-corrected chi connectivity index (χ3v) is 4.20. The van der Waals surface area contributed by atoms with Crippen molar-refractivity contribution in [3.63, 3.8) is 0 Å². The first-order valence-electron chi connectivity index (χ1n) is 5.65. The van der Waals surface area contributed by atoms with E-state index in [0.29, 0.717) is 5.69 Å². The minimum absolute atomic E-state index is 0.0656. The zero-order valence-electron chi connectivity index (χ0n) is 10.5. The molecule has 1 aromatic carbocycles. The van der Waals surface area contributed by atoms with E-state index in [0.717, 1.165) is 16.2 Å². The fourth-order valence-corrected chi connectivity index (χ4v) is 2.93. The highest BCUT2D eigenvalue weighted by Gasteiger charge is 2.21. The topological polar surface area (TPSA) is 61.2 Å². The standard InChI is InChI=1S/C12H13FN2O3S/c1-3-18-12-8-10(4-5-11(12)13)19(16,17)15-9(2)6-7-14-15/h4-8H,3H2,1-2H3. The van der Waals surface area contributed by atoms with Crippen LogP contribution in [0.4, 0.5) is 4.39 Å². The predicted molar refractivity (Wildman–Crippen MR) is 67.1 cm³/mol. The van der Waals surface area contributed by atoms with Crippen molar-refractivity contribution in [2.45, 2.75) is 18.7 Å². The van der Waals surface area contributed by atoms with Gasteiger partial charge in [-0.2, -0.15) is 17.6 Å². The Kier molecular flexibility index (Phi) is 3.57. The average molecular weight is 284 g/mol. The van der Waals surface area contributed by atoms with Crippen molar-refractivity contribution < 1.29 is 17.5 Å². The van der Waals surface area contributed by atoms with Crippen LogP contribution in [0.2, 0.25) is 0 Å². The summed E-state index contributed by atoms with van der Waals surface area (Å²) < 4.78 is 44.0. The van der Waals surface area contributed by atoms with E-state index in [1.54, 1.807) is 19.9 Å². The molecule has 0 aliphatic carbocycles. The van der Waals surface area contributed by atoms with Crippen molar-refractivity contribution in [1.82, 2.24) is 9.19 Å². The molecule has 0 amide bonds. The Hall–Kier alpha value is -1.89. The first-order chi connectivity index (χ1) is 8.96. The van der Waals surface area contributed by atoms with Crippen molar-refractivity contribution in [2.75, 3.05) is 6.61 Å². The predicted octanol–water partition coefficient (Wildman–Crippen LogP) is 1.97. The average Bonchev–Trinajstić information content (AvgIpc) is 2.79. The molecule has 0 atom stereocenters. The van der Waals surface area contributed by atoms with Crippen LogP contribution in [-0.2, 0) is 10.0 Å². The summed E-state index contributed by atoms with van der Waals surface area (Å²) in [4.78, 5) is -0.0656. The fourth-order valence-electron chi connectivity index (χ4n) is 1.62. The molecule has 0 bridgehead atoms. The fraction of sp³-hybridized carbons (Fsp3) is 0.250. The van der Waals surface area contributed by atoms with Gasteiger partial charge >= 0.3 is 0 Å². The van der Waals surface area contributed by atoms with Crippen LogP contribution in [0, 0.1) is 12.7 Å². The highest BCUT2D eigenvalue weighted by molar-refractivity contribution is 7.89. The van der Waals surface area contributed by atoms with Gasteiger partial charge in [0.2, 0.25) is 0 Å². The molecule has 2 aromatic rings. The lowest BCUT2D eigenvalue weighted by atomic mass is 10.3. The number of hydrogen-bond acceptors (Lipinski definition) is 4. The molecular formula is C12H13FN2O3S. The lowest BCUT2D eigenvalue weighted by Gasteiger charge is -2.09.